The van der Waals surface area contributed by atoms with Crippen molar-refractivity contribution in [3.63, 3.8) is 0 Å². The standard InChI is InChI=1S/C29H33N3O3S2/c1-29(2,30)15-26(34)31-27-28(35)32(17-21-12-13-23(36-3)14-25(21)37-27)16-19-8-10-20(11-9-19)24-7-5-4-6-22(24)18-33/h4-14,27,33H,15-18,30H2,1-3H3,(H,31,34)/t27-/m1/s1. The zero-order chi connectivity index (χ0) is 26.6. The molecule has 4 N–H and O–H groups in total. The van der Waals surface area contributed by atoms with E-state index in [1.165, 1.54) is 11.8 Å². The van der Waals surface area contributed by atoms with Crippen LogP contribution in [0.2, 0.25) is 0 Å². The number of hydrogen-bond donors (Lipinski definition) is 3. The molecule has 3 aromatic carbocycles. The van der Waals surface area contributed by atoms with Crippen LogP contribution in [0.15, 0.2) is 76.5 Å². The Labute approximate surface area is 227 Å². The first-order chi connectivity index (χ1) is 17.7. The number of hydrogen-bond acceptors (Lipinski definition) is 6. The van der Waals surface area contributed by atoms with E-state index in [4.69, 9.17) is 5.73 Å². The highest BCUT2D eigenvalue weighted by Crippen LogP contribution is 2.35. The molecule has 1 atom stereocenters. The third kappa shape index (κ3) is 6.96. The van der Waals surface area contributed by atoms with Crippen LogP contribution in [-0.4, -0.2) is 39.0 Å². The first kappa shape index (κ1) is 27.3. The highest BCUT2D eigenvalue weighted by atomic mass is 32.2. The lowest BCUT2D eigenvalue weighted by atomic mass is 9.99. The Kier molecular flexibility index (Phi) is 8.64. The van der Waals surface area contributed by atoms with E-state index in [9.17, 15) is 14.7 Å². The summed E-state index contributed by atoms with van der Waals surface area (Å²) in [6.07, 6.45) is 2.15. The minimum atomic E-state index is -0.732. The monoisotopic (exact) mass is 535 g/mol. The topological polar surface area (TPSA) is 95.7 Å². The summed E-state index contributed by atoms with van der Waals surface area (Å²) in [5.74, 6) is -0.376. The molecule has 1 heterocycles. The average molecular weight is 536 g/mol. The summed E-state index contributed by atoms with van der Waals surface area (Å²) in [6.45, 7) is 4.44. The normalized spacial score (nSPS) is 15.8. The van der Waals surface area contributed by atoms with Gasteiger partial charge in [0.25, 0.3) is 5.91 Å². The van der Waals surface area contributed by atoms with E-state index in [0.29, 0.717) is 13.1 Å². The van der Waals surface area contributed by atoms with E-state index in [1.807, 2.05) is 54.8 Å². The fraction of sp³-hybridized carbons (Fsp3) is 0.310. The fourth-order valence-corrected chi connectivity index (χ4v) is 6.00. The molecule has 0 saturated carbocycles. The van der Waals surface area contributed by atoms with Gasteiger partial charge in [0.2, 0.25) is 5.91 Å². The predicted molar refractivity (Wildman–Crippen MR) is 151 cm³/mol. The van der Waals surface area contributed by atoms with E-state index in [-0.39, 0.29) is 24.8 Å². The summed E-state index contributed by atoms with van der Waals surface area (Å²) < 4.78 is 0. The van der Waals surface area contributed by atoms with Gasteiger partial charge >= 0.3 is 0 Å². The number of nitrogens with one attached hydrogen (secondary N) is 1. The van der Waals surface area contributed by atoms with Gasteiger partial charge in [-0.15, -0.1) is 11.8 Å². The van der Waals surface area contributed by atoms with Crippen LogP contribution >= 0.6 is 23.5 Å². The van der Waals surface area contributed by atoms with E-state index >= 15 is 0 Å². The molecule has 0 unspecified atom stereocenters. The molecule has 8 heteroatoms. The van der Waals surface area contributed by atoms with E-state index < -0.39 is 10.9 Å². The van der Waals surface area contributed by atoms with Crippen molar-refractivity contribution in [1.29, 1.82) is 0 Å². The zero-order valence-corrected chi connectivity index (χ0v) is 23.0. The number of nitrogens with two attached hydrogens (primary N) is 1. The van der Waals surface area contributed by atoms with Gasteiger partial charge < -0.3 is 21.1 Å². The van der Waals surface area contributed by atoms with E-state index in [0.717, 1.165) is 37.6 Å². The van der Waals surface area contributed by atoms with Crippen molar-refractivity contribution < 1.29 is 14.7 Å². The Morgan fingerprint density at radius 3 is 2.57 bits per heavy atom. The third-order valence-electron chi connectivity index (χ3n) is 6.15. The number of amides is 2. The van der Waals surface area contributed by atoms with Gasteiger partial charge in [-0.05, 0) is 60.1 Å². The average Bonchev–Trinajstić information content (AvgIpc) is 2.99. The number of carbonyl (C=O) groups excluding carboxylic acids is 2. The molecule has 0 aromatic heterocycles. The molecule has 0 bridgehead atoms. The molecule has 2 amide bonds. The van der Waals surface area contributed by atoms with E-state index in [1.54, 1.807) is 30.5 Å². The predicted octanol–water partition coefficient (Wildman–Crippen LogP) is 4.77. The highest BCUT2D eigenvalue weighted by molar-refractivity contribution is 8.01. The Morgan fingerprint density at radius 1 is 1.16 bits per heavy atom. The number of rotatable bonds is 8. The molecule has 0 spiro atoms. The molecule has 0 saturated heterocycles. The van der Waals surface area contributed by atoms with Gasteiger partial charge in [-0.25, -0.2) is 0 Å². The van der Waals surface area contributed by atoms with E-state index in [2.05, 4.69) is 23.5 Å². The van der Waals surface area contributed by atoms with Crippen LogP contribution in [0.25, 0.3) is 11.1 Å². The van der Waals surface area contributed by atoms with Gasteiger partial charge in [0, 0.05) is 34.8 Å². The van der Waals surface area contributed by atoms with Crippen molar-refractivity contribution in [2.24, 2.45) is 5.73 Å². The quantitative estimate of drug-likeness (QED) is 0.360. The Bertz CT molecular complexity index is 1270. The van der Waals surface area contributed by atoms with Crippen LogP contribution in [0.3, 0.4) is 0 Å². The van der Waals surface area contributed by atoms with Crippen molar-refractivity contribution in [2.45, 2.75) is 60.7 Å². The van der Waals surface area contributed by atoms with Gasteiger partial charge in [0.1, 0.15) is 0 Å². The third-order valence-corrected chi connectivity index (χ3v) is 8.07. The molecule has 194 valence electrons. The van der Waals surface area contributed by atoms with Gasteiger partial charge in [-0.2, -0.15) is 0 Å². The maximum absolute atomic E-state index is 13.7. The van der Waals surface area contributed by atoms with Crippen molar-refractivity contribution in [1.82, 2.24) is 10.2 Å². The Hall–Kier alpha value is -2.78. The van der Waals surface area contributed by atoms with Crippen LogP contribution in [0.5, 0.6) is 0 Å². The van der Waals surface area contributed by atoms with Crippen LogP contribution in [0.1, 0.15) is 37.0 Å². The van der Waals surface area contributed by atoms with Crippen molar-refractivity contribution in [2.75, 3.05) is 6.26 Å². The lowest BCUT2D eigenvalue weighted by Crippen LogP contribution is -2.47. The fourth-order valence-electron chi connectivity index (χ4n) is 4.31. The summed E-state index contributed by atoms with van der Waals surface area (Å²) in [6, 6.07) is 22.0. The molecule has 4 rings (SSSR count). The van der Waals surface area contributed by atoms with Crippen molar-refractivity contribution in [3.05, 3.63) is 83.4 Å². The molecule has 0 fully saturated rings. The summed E-state index contributed by atoms with van der Waals surface area (Å²) in [4.78, 5) is 30.3. The molecule has 37 heavy (non-hydrogen) atoms. The second-order valence-corrected chi connectivity index (χ2v) is 11.9. The lowest BCUT2D eigenvalue weighted by Gasteiger charge is -2.26. The number of thioether (sulfide) groups is 2. The van der Waals surface area contributed by atoms with Crippen LogP contribution in [0, 0.1) is 0 Å². The lowest BCUT2D eigenvalue weighted by molar-refractivity contribution is -0.135. The summed E-state index contributed by atoms with van der Waals surface area (Å²) in [5.41, 5.74) is 10.3. The van der Waals surface area contributed by atoms with Crippen LogP contribution in [0.4, 0.5) is 0 Å². The Balaban J connectivity index is 1.59. The summed E-state index contributed by atoms with van der Waals surface area (Å²) in [7, 11) is 0. The van der Waals surface area contributed by atoms with Crippen molar-refractivity contribution in [3.8, 4) is 11.1 Å². The minimum Gasteiger partial charge on any atom is -0.392 e. The Morgan fingerprint density at radius 2 is 1.89 bits per heavy atom. The number of carbonyl (C=O) groups is 2. The second-order valence-electron chi connectivity index (χ2n) is 9.91. The molecular weight excluding hydrogens is 502 g/mol. The van der Waals surface area contributed by atoms with Crippen LogP contribution in [-0.2, 0) is 29.3 Å². The molecule has 0 aliphatic carbocycles. The number of aliphatic hydroxyl groups excluding tert-OH is 1. The van der Waals surface area contributed by atoms with Gasteiger partial charge in [0.05, 0.1) is 6.61 Å². The largest absolute Gasteiger partial charge is 0.392 e. The first-order valence-electron chi connectivity index (χ1n) is 12.2. The smallest absolute Gasteiger partial charge is 0.256 e. The first-order valence-corrected chi connectivity index (χ1v) is 14.3. The van der Waals surface area contributed by atoms with Gasteiger partial charge in [-0.3, -0.25) is 9.59 Å². The SMILES string of the molecule is CSc1ccc2c(c1)S[C@@H](NC(=O)CC(C)(C)N)C(=O)N(Cc1ccc(-c3ccccc3CO)cc1)C2. The van der Waals surface area contributed by atoms with Crippen LogP contribution < -0.4 is 11.1 Å². The maximum atomic E-state index is 13.7. The maximum Gasteiger partial charge on any atom is 0.256 e. The number of aliphatic hydroxyl groups is 1. The second kappa shape index (κ2) is 11.7. The number of benzene rings is 3. The summed E-state index contributed by atoms with van der Waals surface area (Å²) in [5, 5.41) is 11.9. The molecular formula is C29H33N3O3S2. The molecule has 1 aliphatic rings. The van der Waals surface area contributed by atoms with Crippen molar-refractivity contribution >= 4 is 35.3 Å². The molecule has 1 aliphatic heterocycles. The van der Waals surface area contributed by atoms with Gasteiger partial charge in [0.15, 0.2) is 5.37 Å². The zero-order valence-electron chi connectivity index (χ0n) is 21.4. The van der Waals surface area contributed by atoms with Gasteiger partial charge in [-0.1, -0.05) is 66.4 Å². The molecule has 3 aromatic rings. The molecule has 6 nitrogen and oxygen atoms in total. The number of nitrogens with zero attached hydrogens (tertiary/aromatic N) is 1. The summed E-state index contributed by atoms with van der Waals surface area (Å²) >= 11 is 3.03. The minimum absolute atomic E-state index is 0.0238. The highest BCUT2D eigenvalue weighted by Gasteiger charge is 2.32. The number of fused-ring (bicyclic) bond motifs is 1. The molecule has 0 radical (unpaired) electrons.